The molecular weight excluding hydrogens is 223 g/mol. The van der Waals surface area contributed by atoms with Gasteiger partial charge in [0, 0.05) is 13.2 Å². The van der Waals surface area contributed by atoms with Gasteiger partial charge >= 0.3 is 7.12 Å². The summed E-state index contributed by atoms with van der Waals surface area (Å²) in [4.78, 5) is 0. The Labute approximate surface area is 112 Å². The van der Waals surface area contributed by atoms with Gasteiger partial charge in [-0.2, -0.15) is 0 Å². The van der Waals surface area contributed by atoms with Crippen LogP contribution in [0.4, 0.5) is 0 Å². The first-order chi connectivity index (χ1) is 8.77. The van der Waals surface area contributed by atoms with E-state index >= 15 is 0 Å². The maximum atomic E-state index is 5.83. The van der Waals surface area contributed by atoms with Crippen LogP contribution in [0.3, 0.4) is 0 Å². The van der Waals surface area contributed by atoms with Crippen LogP contribution in [0, 0.1) is 6.92 Å². The predicted octanol–water partition coefficient (Wildman–Crippen LogP) is 3.32. The maximum Gasteiger partial charge on any atom is 0.493 e. The van der Waals surface area contributed by atoms with Crippen molar-refractivity contribution in [3.05, 3.63) is 29.8 Å². The Kier molecular flexibility index (Phi) is 7.78. The summed E-state index contributed by atoms with van der Waals surface area (Å²) in [6.45, 7) is 7.96. The summed E-state index contributed by atoms with van der Waals surface area (Å²) >= 11 is 0. The van der Waals surface area contributed by atoms with Crippen molar-refractivity contribution in [2.75, 3.05) is 13.2 Å². The van der Waals surface area contributed by atoms with E-state index in [0.29, 0.717) is 0 Å². The third-order valence-electron chi connectivity index (χ3n) is 2.88. The lowest BCUT2D eigenvalue weighted by Crippen LogP contribution is -2.37. The highest BCUT2D eigenvalue weighted by molar-refractivity contribution is 6.61. The molecule has 18 heavy (non-hydrogen) atoms. The Morgan fingerprint density at radius 3 is 1.83 bits per heavy atom. The minimum Gasteiger partial charge on any atom is -0.407 e. The maximum absolute atomic E-state index is 5.83. The van der Waals surface area contributed by atoms with Crippen molar-refractivity contribution in [3.63, 3.8) is 0 Å². The first-order valence-corrected chi connectivity index (χ1v) is 7.07. The van der Waals surface area contributed by atoms with Crippen LogP contribution in [-0.2, 0) is 9.31 Å². The molecule has 1 aromatic carbocycles. The summed E-state index contributed by atoms with van der Waals surface area (Å²) in [5.74, 6) is 0. The third kappa shape index (κ3) is 5.70. The first kappa shape index (κ1) is 15.3. The smallest absolute Gasteiger partial charge is 0.407 e. The molecule has 1 aromatic rings. The number of hydrogen-bond acceptors (Lipinski definition) is 2. The van der Waals surface area contributed by atoms with Gasteiger partial charge in [0.25, 0.3) is 0 Å². The monoisotopic (exact) mass is 248 g/mol. The van der Waals surface area contributed by atoms with E-state index in [1.54, 1.807) is 0 Å². The average Bonchev–Trinajstić information content (AvgIpc) is 2.38. The van der Waals surface area contributed by atoms with E-state index in [9.17, 15) is 0 Å². The minimum absolute atomic E-state index is 0.205. The van der Waals surface area contributed by atoms with E-state index in [1.807, 2.05) is 0 Å². The van der Waals surface area contributed by atoms with Crippen LogP contribution in [0.1, 0.15) is 45.1 Å². The summed E-state index contributed by atoms with van der Waals surface area (Å²) in [5.41, 5.74) is 2.38. The fraction of sp³-hybridized carbons (Fsp3) is 0.600. The molecule has 0 unspecified atom stereocenters. The fourth-order valence-corrected chi connectivity index (χ4v) is 1.63. The number of aryl methyl sites for hydroxylation is 1. The zero-order valence-corrected chi connectivity index (χ0v) is 11.9. The van der Waals surface area contributed by atoms with Crippen molar-refractivity contribution >= 4 is 12.6 Å². The van der Waals surface area contributed by atoms with Gasteiger partial charge in [-0.1, -0.05) is 56.5 Å². The number of rotatable bonds is 9. The lowest BCUT2D eigenvalue weighted by atomic mass is 9.78. The van der Waals surface area contributed by atoms with Crippen molar-refractivity contribution in [1.82, 2.24) is 0 Å². The lowest BCUT2D eigenvalue weighted by Gasteiger charge is -2.15. The molecule has 0 aromatic heterocycles. The minimum atomic E-state index is -0.205. The van der Waals surface area contributed by atoms with Gasteiger partial charge < -0.3 is 9.31 Å². The lowest BCUT2D eigenvalue weighted by molar-refractivity contribution is 0.202. The van der Waals surface area contributed by atoms with Gasteiger partial charge in [-0.15, -0.1) is 0 Å². The SMILES string of the molecule is CCCCOB(OCCCC)c1ccc(C)cc1. The molecule has 100 valence electrons. The highest BCUT2D eigenvalue weighted by Gasteiger charge is 2.20. The zero-order valence-electron chi connectivity index (χ0n) is 11.9. The van der Waals surface area contributed by atoms with Crippen LogP contribution in [0.25, 0.3) is 0 Å². The topological polar surface area (TPSA) is 18.5 Å². The van der Waals surface area contributed by atoms with E-state index < -0.39 is 0 Å². The summed E-state index contributed by atoms with van der Waals surface area (Å²) in [6.07, 6.45) is 4.46. The third-order valence-corrected chi connectivity index (χ3v) is 2.88. The van der Waals surface area contributed by atoms with E-state index in [4.69, 9.17) is 9.31 Å². The largest absolute Gasteiger partial charge is 0.493 e. The van der Waals surface area contributed by atoms with Crippen molar-refractivity contribution in [3.8, 4) is 0 Å². The molecule has 0 radical (unpaired) electrons. The molecule has 0 bridgehead atoms. The van der Waals surface area contributed by atoms with Crippen LogP contribution in [0.5, 0.6) is 0 Å². The summed E-state index contributed by atoms with van der Waals surface area (Å²) in [7, 11) is -0.205. The fourth-order valence-electron chi connectivity index (χ4n) is 1.63. The molecule has 0 atom stereocenters. The molecule has 0 aliphatic carbocycles. The Morgan fingerprint density at radius 1 is 0.889 bits per heavy atom. The number of unbranched alkanes of at least 4 members (excludes halogenated alkanes) is 2. The normalized spacial score (nSPS) is 10.6. The highest BCUT2D eigenvalue weighted by atomic mass is 16.6. The molecule has 0 saturated carbocycles. The van der Waals surface area contributed by atoms with Crippen molar-refractivity contribution in [2.45, 2.75) is 46.5 Å². The average molecular weight is 248 g/mol. The second-order valence-electron chi connectivity index (χ2n) is 4.69. The van der Waals surface area contributed by atoms with Gasteiger partial charge in [-0.05, 0) is 25.2 Å². The standard InChI is InChI=1S/C15H25BO2/c1-4-6-12-17-16(18-13-7-5-2)15-10-8-14(3)9-11-15/h8-11H,4-7,12-13H2,1-3H3. The number of hydrogen-bond donors (Lipinski definition) is 0. The molecule has 0 fully saturated rings. The Bertz CT molecular complexity index is 301. The molecule has 0 aliphatic rings. The molecule has 0 spiro atoms. The van der Waals surface area contributed by atoms with Crippen LogP contribution in [0.15, 0.2) is 24.3 Å². The first-order valence-electron chi connectivity index (χ1n) is 7.07. The molecular formula is C15H25BO2. The summed E-state index contributed by atoms with van der Waals surface area (Å²) in [5, 5.41) is 0. The van der Waals surface area contributed by atoms with Crippen LogP contribution < -0.4 is 5.46 Å². The van der Waals surface area contributed by atoms with E-state index in [2.05, 4.69) is 45.0 Å². The van der Waals surface area contributed by atoms with Crippen molar-refractivity contribution in [2.24, 2.45) is 0 Å². The number of benzene rings is 1. The Balaban J connectivity index is 2.54. The van der Waals surface area contributed by atoms with Gasteiger partial charge in [0.05, 0.1) is 0 Å². The van der Waals surface area contributed by atoms with Gasteiger partial charge in [-0.25, -0.2) is 0 Å². The van der Waals surface area contributed by atoms with Crippen LogP contribution in [-0.4, -0.2) is 20.3 Å². The summed E-state index contributed by atoms with van der Waals surface area (Å²) < 4.78 is 11.7. The van der Waals surface area contributed by atoms with Crippen LogP contribution >= 0.6 is 0 Å². The molecule has 1 rings (SSSR count). The van der Waals surface area contributed by atoms with E-state index in [1.165, 1.54) is 5.56 Å². The summed E-state index contributed by atoms with van der Waals surface area (Å²) in [6, 6.07) is 8.40. The van der Waals surface area contributed by atoms with Crippen molar-refractivity contribution in [1.29, 1.82) is 0 Å². The van der Waals surface area contributed by atoms with Crippen molar-refractivity contribution < 1.29 is 9.31 Å². The molecule has 0 aliphatic heterocycles. The van der Waals surface area contributed by atoms with Crippen LogP contribution in [0.2, 0.25) is 0 Å². The Morgan fingerprint density at radius 2 is 1.39 bits per heavy atom. The quantitative estimate of drug-likeness (QED) is 0.493. The predicted molar refractivity (Wildman–Crippen MR) is 78.3 cm³/mol. The van der Waals surface area contributed by atoms with Gasteiger partial charge in [-0.3, -0.25) is 0 Å². The molecule has 0 heterocycles. The van der Waals surface area contributed by atoms with Gasteiger partial charge in [0.2, 0.25) is 0 Å². The van der Waals surface area contributed by atoms with E-state index in [0.717, 1.165) is 44.4 Å². The molecule has 0 saturated heterocycles. The highest BCUT2D eigenvalue weighted by Crippen LogP contribution is 2.01. The zero-order chi connectivity index (χ0) is 13.2. The second kappa shape index (κ2) is 9.18. The van der Waals surface area contributed by atoms with Gasteiger partial charge in [0.1, 0.15) is 0 Å². The second-order valence-corrected chi connectivity index (χ2v) is 4.69. The molecule has 0 amide bonds. The molecule has 2 nitrogen and oxygen atoms in total. The van der Waals surface area contributed by atoms with E-state index in [-0.39, 0.29) is 7.12 Å². The van der Waals surface area contributed by atoms with Gasteiger partial charge in [0.15, 0.2) is 0 Å². The molecule has 3 heteroatoms. The Hall–Kier alpha value is -0.795. The molecule has 0 N–H and O–H groups in total.